The molecule has 1 saturated carbocycles. The summed E-state index contributed by atoms with van der Waals surface area (Å²) in [5.41, 5.74) is -2.01. The van der Waals surface area contributed by atoms with Gasteiger partial charge in [-0.1, -0.05) is 34.6 Å². The first kappa shape index (κ1) is 21.8. The van der Waals surface area contributed by atoms with Gasteiger partial charge in [-0.25, -0.2) is 0 Å². The maximum absolute atomic E-state index is 9.10. The van der Waals surface area contributed by atoms with E-state index in [9.17, 15) is 0 Å². The Morgan fingerprint density at radius 1 is 0.526 bits per heavy atom. The van der Waals surface area contributed by atoms with Gasteiger partial charge < -0.3 is 10.2 Å². The number of rotatable bonds is 1. The van der Waals surface area contributed by atoms with Crippen LogP contribution in [0.5, 0.6) is 0 Å². The molecule has 0 heterocycles. The van der Waals surface area contributed by atoms with Gasteiger partial charge >= 0.3 is 0 Å². The first-order chi connectivity index (χ1) is 7.80. The van der Waals surface area contributed by atoms with Gasteiger partial charge in [0.05, 0.1) is 11.2 Å². The molecular formula is C16H34O2Rh. The van der Waals surface area contributed by atoms with E-state index in [-0.39, 0.29) is 19.5 Å². The summed E-state index contributed by atoms with van der Waals surface area (Å²) < 4.78 is 0. The van der Waals surface area contributed by atoms with Gasteiger partial charge in [-0.05, 0) is 57.3 Å². The second-order valence-electron chi connectivity index (χ2n) is 7.41. The van der Waals surface area contributed by atoms with E-state index in [2.05, 4.69) is 34.6 Å². The van der Waals surface area contributed by atoms with Crippen LogP contribution in [0, 0.1) is 29.6 Å². The average Bonchev–Trinajstić information content (AvgIpc) is 2.35. The molecule has 0 aromatic carbocycles. The molecule has 0 unspecified atom stereocenters. The summed E-state index contributed by atoms with van der Waals surface area (Å²) in [7, 11) is 0. The Hall–Kier alpha value is 0.543. The van der Waals surface area contributed by atoms with Crippen molar-refractivity contribution in [3.05, 3.63) is 0 Å². The van der Waals surface area contributed by atoms with E-state index in [4.69, 9.17) is 10.2 Å². The summed E-state index contributed by atoms with van der Waals surface area (Å²) in [6.45, 7) is 18.3. The Morgan fingerprint density at radius 2 is 0.632 bits per heavy atom. The number of hydrogen-bond donors (Lipinski definition) is 2. The molecule has 2 N–H and O–H groups in total. The zero-order valence-electron chi connectivity index (χ0n) is 14.1. The molecule has 0 aromatic heterocycles. The van der Waals surface area contributed by atoms with E-state index >= 15 is 0 Å². The molecule has 0 aromatic rings. The zero-order chi connectivity index (χ0) is 14.9. The van der Waals surface area contributed by atoms with E-state index < -0.39 is 11.2 Å². The first-order valence-corrected chi connectivity index (χ1v) is 7.25. The van der Waals surface area contributed by atoms with Crippen molar-refractivity contribution in [2.24, 2.45) is 29.6 Å². The minimum Gasteiger partial charge on any atom is -0.387 e. The molecule has 3 heteroatoms. The SMILES string of the molecule is CC(C)(O)C(C)(C)O.CC1C(C)C(C)C(C)C1C.[Rh]. The predicted molar refractivity (Wildman–Crippen MR) is 78.4 cm³/mol. The summed E-state index contributed by atoms with van der Waals surface area (Å²) in [4.78, 5) is 0. The predicted octanol–water partition coefficient (Wildman–Crippen LogP) is 3.71. The van der Waals surface area contributed by atoms with Crippen LogP contribution in [0.4, 0.5) is 0 Å². The fourth-order valence-electron chi connectivity index (χ4n) is 2.39. The van der Waals surface area contributed by atoms with Gasteiger partial charge in [-0.2, -0.15) is 0 Å². The van der Waals surface area contributed by atoms with Gasteiger partial charge in [-0.15, -0.1) is 0 Å². The van der Waals surface area contributed by atoms with Gasteiger partial charge in [0, 0.05) is 19.5 Å². The van der Waals surface area contributed by atoms with Crippen LogP contribution in [0.15, 0.2) is 0 Å². The van der Waals surface area contributed by atoms with Crippen LogP contribution in [0.1, 0.15) is 62.3 Å². The Bertz CT molecular complexity index is 196. The maximum Gasteiger partial charge on any atom is 0.0872 e. The van der Waals surface area contributed by atoms with Gasteiger partial charge in [0.2, 0.25) is 0 Å². The quantitative estimate of drug-likeness (QED) is 0.699. The number of aliphatic hydroxyl groups is 2. The van der Waals surface area contributed by atoms with Crippen molar-refractivity contribution < 1.29 is 29.7 Å². The Kier molecular flexibility index (Phi) is 8.65. The van der Waals surface area contributed by atoms with Gasteiger partial charge in [0.1, 0.15) is 0 Å². The molecule has 0 bridgehead atoms. The summed E-state index contributed by atoms with van der Waals surface area (Å²) >= 11 is 0. The maximum atomic E-state index is 9.10. The van der Waals surface area contributed by atoms with Crippen LogP contribution in [0.25, 0.3) is 0 Å². The zero-order valence-corrected chi connectivity index (χ0v) is 15.8. The van der Waals surface area contributed by atoms with E-state index in [1.54, 1.807) is 27.7 Å². The second kappa shape index (κ2) is 7.52. The molecule has 19 heavy (non-hydrogen) atoms. The van der Waals surface area contributed by atoms with E-state index in [0.717, 1.165) is 29.6 Å². The van der Waals surface area contributed by atoms with E-state index in [0.29, 0.717) is 0 Å². The topological polar surface area (TPSA) is 40.5 Å². The van der Waals surface area contributed by atoms with Crippen molar-refractivity contribution in [2.45, 2.75) is 73.5 Å². The van der Waals surface area contributed by atoms with Crippen molar-refractivity contribution >= 4 is 0 Å². The Labute approximate surface area is 133 Å². The molecule has 0 saturated heterocycles. The molecule has 1 fully saturated rings. The third-order valence-corrected chi connectivity index (χ3v) is 5.64. The van der Waals surface area contributed by atoms with Crippen LogP contribution >= 0.6 is 0 Å². The largest absolute Gasteiger partial charge is 0.387 e. The van der Waals surface area contributed by atoms with Crippen LogP contribution in [-0.4, -0.2) is 21.4 Å². The van der Waals surface area contributed by atoms with Crippen LogP contribution in [0.2, 0.25) is 0 Å². The summed E-state index contributed by atoms with van der Waals surface area (Å²) in [5, 5.41) is 18.2. The van der Waals surface area contributed by atoms with Gasteiger partial charge in [0.25, 0.3) is 0 Å². The number of hydrogen-bond acceptors (Lipinski definition) is 2. The summed E-state index contributed by atoms with van der Waals surface area (Å²) in [5.74, 6) is 4.68. The molecule has 1 radical (unpaired) electrons. The summed E-state index contributed by atoms with van der Waals surface area (Å²) in [6, 6.07) is 0. The van der Waals surface area contributed by atoms with Crippen LogP contribution in [-0.2, 0) is 19.5 Å². The van der Waals surface area contributed by atoms with Gasteiger partial charge in [0.15, 0.2) is 0 Å². The first-order valence-electron chi connectivity index (χ1n) is 7.25. The third kappa shape index (κ3) is 5.81. The van der Waals surface area contributed by atoms with Crippen LogP contribution < -0.4 is 0 Å². The molecule has 0 atom stereocenters. The molecule has 0 aliphatic heterocycles. The molecule has 119 valence electrons. The fraction of sp³-hybridized carbons (Fsp3) is 1.00. The van der Waals surface area contributed by atoms with Crippen molar-refractivity contribution in [1.82, 2.24) is 0 Å². The monoisotopic (exact) mass is 361 g/mol. The normalized spacial score (nSPS) is 35.2. The van der Waals surface area contributed by atoms with E-state index in [1.807, 2.05) is 0 Å². The molecule has 0 spiro atoms. The average molecular weight is 361 g/mol. The molecule has 2 nitrogen and oxygen atoms in total. The van der Waals surface area contributed by atoms with Gasteiger partial charge in [-0.3, -0.25) is 0 Å². The Morgan fingerprint density at radius 3 is 0.684 bits per heavy atom. The van der Waals surface area contributed by atoms with Crippen molar-refractivity contribution in [1.29, 1.82) is 0 Å². The smallest absolute Gasteiger partial charge is 0.0872 e. The van der Waals surface area contributed by atoms with Crippen LogP contribution in [0.3, 0.4) is 0 Å². The Balaban J connectivity index is 0. The molecule has 1 aliphatic rings. The fourth-order valence-corrected chi connectivity index (χ4v) is 2.39. The second-order valence-corrected chi connectivity index (χ2v) is 7.41. The molecular weight excluding hydrogens is 327 g/mol. The summed E-state index contributed by atoms with van der Waals surface area (Å²) in [6.07, 6.45) is 0. The van der Waals surface area contributed by atoms with Crippen molar-refractivity contribution in [3.8, 4) is 0 Å². The van der Waals surface area contributed by atoms with Crippen molar-refractivity contribution in [2.75, 3.05) is 0 Å². The third-order valence-electron chi connectivity index (χ3n) is 5.64. The minimum absolute atomic E-state index is 0. The molecule has 1 aliphatic carbocycles. The van der Waals surface area contributed by atoms with Crippen molar-refractivity contribution in [3.63, 3.8) is 0 Å². The molecule has 0 amide bonds. The molecule has 1 rings (SSSR count). The minimum atomic E-state index is -1.01. The standard InChI is InChI=1S/C10H20.C6H14O2.Rh/c1-6-7(2)9(4)10(5)8(6)3;1-5(2,7)6(3,4)8;/h6-10H,1-5H3;7-8H,1-4H3;. The van der Waals surface area contributed by atoms with E-state index in [1.165, 1.54) is 0 Å².